The third kappa shape index (κ3) is 8.17. The Hall–Kier alpha value is -5.15. The van der Waals surface area contributed by atoms with Gasteiger partial charge in [-0.05, 0) is 80.3 Å². The molecule has 0 unspecified atom stereocenters. The van der Waals surface area contributed by atoms with Crippen LogP contribution in [0.25, 0.3) is 0 Å². The Morgan fingerprint density at radius 3 is 2.24 bits per heavy atom. The van der Waals surface area contributed by atoms with Crippen LogP contribution in [0.1, 0.15) is 53.7 Å². The van der Waals surface area contributed by atoms with Crippen molar-refractivity contribution in [2.75, 3.05) is 13.1 Å². The third-order valence-corrected chi connectivity index (χ3v) is 8.86. The fourth-order valence-corrected chi connectivity index (χ4v) is 5.91. The number of phenols is 1. The molecule has 0 saturated carbocycles. The molecule has 3 aliphatic heterocycles. The second kappa shape index (κ2) is 14.4. The number of rotatable bonds is 3. The molecular weight excluding hydrogens is 661 g/mol. The number of nitrogens with zero attached hydrogens (tertiary/aromatic N) is 1. The molecule has 3 aromatic rings. The first-order chi connectivity index (χ1) is 23.5. The lowest BCUT2D eigenvalue weighted by Crippen LogP contribution is -2.59. The SMILES string of the molecule is C[C@@H]1NC(=O)[C@H]([C@@H](C)O)NC(=O)c2cc(ccc2O)Oc2ccc(cc2)C[C@@H](C(=O)N2CCC(O)(c3cccc(C(F)(F)F)c3)CC2)NC1=O. The van der Waals surface area contributed by atoms with Gasteiger partial charge in [0.15, 0.2) is 0 Å². The number of amides is 4. The Morgan fingerprint density at radius 1 is 0.940 bits per heavy atom. The van der Waals surface area contributed by atoms with Crippen LogP contribution in [0.15, 0.2) is 66.7 Å². The standard InChI is InChI=1S/C35H37F3N4O8/c1-19-30(45)40-27(33(48)42-14-12-34(49,13-15-42)22-4-3-5-23(17-22)35(36,37)38)16-21-6-8-24(9-7-21)50-25-10-11-28(44)26(18-25)31(46)41-29(20(2)43)32(47)39-19/h3-11,17-20,27,29,43-44,49H,12-16H2,1-2H3,(H,39,47)(H,40,45)(H,41,46)/t19-,20+,27-,29-/m0/s1. The molecular formula is C35H37F3N4O8. The van der Waals surface area contributed by atoms with Crippen LogP contribution < -0.4 is 20.7 Å². The average molecular weight is 699 g/mol. The molecule has 0 spiro atoms. The molecule has 0 aliphatic carbocycles. The highest BCUT2D eigenvalue weighted by Crippen LogP contribution is 2.37. The van der Waals surface area contributed by atoms with Crippen molar-refractivity contribution >= 4 is 23.6 Å². The van der Waals surface area contributed by atoms with E-state index in [0.717, 1.165) is 12.1 Å². The van der Waals surface area contributed by atoms with Crippen LogP contribution in [0.2, 0.25) is 0 Å². The van der Waals surface area contributed by atoms with Crippen molar-refractivity contribution in [3.05, 3.63) is 89.0 Å². The summed E-state index contributed by atoms with van der Waals surface area (Å²) in [4.78, 5) is 54.9. The van der Waals surface area contributed by atoms with Gasteiger partial charge in [0.2, 0.25) is 17.7 Å². The van der Waals surface area contributed by atoms with Crippen LogP contribution in [-0.4, -0.2) is 81.2 Å². The molecule has 6 rings (SSSR count). The second-order valence-corrected chi connectivity index (χ2v) is 12.5. The molecule has 4 amide bonds. The zero-order chi connectivity index (χ0) is 36.4. The van der Waals surface area contributed by atoms with E-state index in [2.05, 4.69) is 16.0 Å². The van der Waals surface area contributed by atoms with Gasteiger partial charge in [-0.3, -0.25) is 19.2 Å². The number of aliphatic hydroxyl groups excluding tert-OH is 1. The number of halogens is 3. The van der Waals surface area contributed by atoms with Gasteiger partial charge in [0.1, 0.15) is 35.4 Å². The van der Waals surface area contributed by atoms with E-state index < -0.39 is 70.9 Å². The second-order valence-electron chi connectivity index (χ2n) is 12.5. The minimum Gasteiger partial charge on any atom is -0.507 e. The average Bonchev–Trinajstić information content (AvgIpc) is 3.07. The monoisotopic (exact) mass is 698 g/mol. The van der Waals surface area contributed by atoms with Crippen LogP contribution in [0.4, 0.5) is 13.2 Å². The van der Waals surface area contributed by atoms with E-state index in [-0.39, 0.29) is 49.2 Å². The van der Waals surface area contributed by atoms with Crippen LogP contribution in [0.5, 0.6) is 17.2 Å². The van der Waals surface area contributed by atoms with Gasteiger partial charge in [-0.2, -0.15) is 13.2 Å². The summed E-state index contributed by atoms with van der Waals surface area (Å²) in [5.74, 6) is -2.94. The lowest BCUT2D eigenvalue weighted by Gasteiger charge is -2.40. The lowest BCUT2D eigenvalue weighted by atomic mass is 9.83. The first-order valence-electron chi connectivity index (χ1n) is 15.9. The number of fused-ring (bicyclic) bond motifs is 11. The summed E-state index contributed by atoms with van der Waals surface area (Å²) in [5, 5.41) is 39.4. The van der Waals surface area contributed by atoms with E-state index in [1.165, 1.54) is 49.1 Å². The van der Waals surface area contributed by atoms with Crippen molar-refractivity contribution in [3.8, 4) is 17.2 Å². The Morgan fingerprint density at radius 2 is 1.60 bits per heavy atom. The van der Waals surface area contributed by atoms with Gasteiger partial charge in [0.25, 0.3) is 5.91 Å². The maximum Gasteiger partial charge on any atom is 0.416 e. The molecule has 4 bridgehead atoms. The molecule has 15 heteroatoms. The van der Waals surface area contributed by atoms with Gasteiger partial charge < -0.3 is 40.9 Å². The lowest BCUT2D eigenvalue weighted by molar-refractivity contribution is -0.141. The topological polar surface area (TPSA) is 178 Å². The number of carbonyl (C=O) groups excluding carboxylic acids is 4. The summed E-state index contributed by atoms with van der Waals surface area (Å²) in [6, 6.07) is 11.0. The van der Waals surface area contributed by atoms with Crippen molar-refractivity contribution in [2.24, 2.45) is 0 Å². The van der Waals surface area contributed by atoms with Crippen molar-refractivity contribution in [2.45, 2.75) is 69.1 Å². The maximum absolute atomic E-state index is 13.9. The number of ether oxygens (including phenoxy) is 1. The number of phenolic OH excluding ortho intramolecular Hbond substituents is 1. The quantitative estimate of drug-likeness (QED) is 0.226. The first kappa shape index (κ1) is 36.1. The van der Waals surface area contributed by atoms with Crippen LogP contribution in [0.3, 0.4) is 0 Å². The van der Waals surface area contributed by atoms with Gasteiger partial charge in [0, 0.05) is 19.5 Å². The zero-order valence-electron chi connectivity index (χ0n) is 27.2. The summed E-state index contributed by atoms with van der Waals surface area (Å²) in [6.45, 7) is 2.58. The van der Waals surface area contributed by atoms with Crippen LogP contribution in [0, 0.1) is 0 Å². The summed E-state index contributed by atoms with van der Waals surface area (Å²) >= 11 is 0. The fraction of sp³-hybridized carbons (Fsp3) is 0.371. The summed E-state index contributed by atoms with van der Waals surface area (Å²) in [6.07, 6.45) is -6.10. The van der Waals surface area contributed by atoms with E-state index in [9.17, 15) is 47.7 Å². The van der Waals surface area contributed by atoms with Crippen LogP contribution in [-0.2, 0) is 32.6 Å². The molecule has 3 aromatic carbocycles. The minimum absolute atomic E-state index is 0.00955. The number of carbonyl (C=O) groups is 4. The highest BCUT2D eigenvalue weighted by molar-refractivity contribution is 6.01. The molecule has 0 radical (unpaired) electrons. The first-order valence-corrected chi connectivity index (χ1v) is 15.9. The molecule has 0 aromatic heterocycles. The van der Waals surface area contributed by atoms with Gasteiger partial charge in [0.05, 0.1) is 22.8 Å². The van der Waals surface area contributed by atoms with E-state index in [0.29, 0.717) is 11.3 Å². The Bertz CT molecular complexity index is 1760. The van der Waals surface area contributed by atoms with Crippen molar-refractivity contribution in [1.29, 1.82) is 0 Å². The van der Waals surface area contributed by atoms with Crippen LogP contribution >= 0.6 is 0 Å². The number of benzene rings is 3. The maximum atomic E-state index is 13.9. The highest BCUT2D eigenvalue weighted by Gasteiger charge is 2.40. The van der Waals surface area contributed by atoms with E-state index in [1.54, 1.807) is 24.3 Å². The number of piperidine rings is 1. The number of hydrogen-bond acceptors (Lipinski definition) is 8. The van der Waals surface area contributed by atoms with Gasteiger partial charge in [-0.15, -0.1) is 0 Å². The minimum atomic E-state index is -4.59. The number of aromatic hydroxyl groups is 1. The third-order valence-electron chi connectivity index (χ3n) is 8.86. The van der Waals surface area contributed by atoms with Gasteiger partial charge in [-0.1, -0.05) is 24.3 Å². The molecule has 4 atom stereocenters. The summed E-state index contributed by atoms with van der Waals surface area (Å²) < 4.78 is 45.9. The smallest absolute Gasteiger partial charge is 0.416 e. The van der Waals surface area contributed by atoms with Crippen molar-refractivity contribution in [3.63, 3.8) is 0 Å². The molecule has 1 saturated heterocycles. The summed E-state index contributed by atoms with van der Waals surface area (Å²) in [7, 11) is 0. The zero-order valence-corrected chi connectivity index (χ0v) is 27.2. The number of hydrogen-bond donors (Lipinski definition) is 6. The molecule has 12 nitrogen and oxygen atoms in total. The molecule has 3 aliphatic rings. The number of nitrogens with one attached hydrogen (secondary N) is 3. The predicted molar refractivity (Wildman–Crippen MR) is 172 cm³/mol. The van der Waals surface area contributed by atoms with Gasteiger partial charge >= 0.3 is 6.18 Å². The van der Waals surface area contributed by atoms with Crippen molar-refractivity contribution < 1.29 is 52.4 Å². The molecule has 1 fully saturated rings. The fourth-order valence-electron chi connectivity index (χ4n) is 5.91. The largest absolute Gasteiger partial charge is 0.507 e. The number of likely N-dealkylation sites (tertiary alicyclic amines) is 1. The van der Waals surface area contributed by atoms with Crippen molar-refractivity contribution in [1.82, 2.24) is 20.9 Å². The summed E-state index contributed by atoms with van der Waals surface area (Å²) in [5.41, 5.74) is -2.02. The van der Waals surface area contributed by atoms with Gasteiger partial charge in [-0.25, -0.2) is 0 Å². The number of aliphatic hydroxyl groups is 2. The van der Waals surface area contributed by atoms with E-state index in [4.69, 9.17) is 4.74 Å². The Kier molecular flexibility index (Phi) is 10.4. The normalized spacial score (nSPS) is 22.3. The van der Waals surface area contributed by atoms with E-state index in [1.807, 2.05) is 0 Å². The molecule has 266 valence electrons. The number of alkyl halides is 3. The Balaban J connectivity index is 1.40. The molecule has 6 N–H and O–H groups in total. The van der Waals surface area contributed by atoms with E-state index >= 15 is 0 Å². The molecule has 50 heavy (non-hydrogen) atoms. The highest BCUT2D eigenvalue weighted by atomic mass is 19.4. The predicted octanol–water partition coefficient (Wildman–Crippen LogP) is 2.74. The Labute approximate surface area is 285 Å². The molecule has 3 heterocycles.